The van der Waals surface area contributed by atoms with E-state index in [1.165, 1.54) is 19.4 Å². The minimum absolute atomic E-state index is 0.499. The van der Waals surface area contributed by atoms with E-state index in [0.29, 0.717) is 42.2 Å². The lowest BCUT2D eigenvalue weighted by Crippen LogP contribution is -2.50. The maximum atomic E-state index is 5.95. The molecular weight excluding hydrogens is 456 g/mol. The highest BCUT2D eigenvalue weighted by atomic mass is 16.6. The van der Waals surface area contributed by atoms with Gasteiger partial charge in [-0.2, -0.15) is 5.10 Å². The number of benzene rings is 1. The van der Waals surface area contributed by atoms with Crippen LogP contribution in [0.4, 0.5) is 5.82 Å². The van der Waals surface area contributed by atoms with Crippen LogP contribution < -0.4 is 19.1 Å². The van der Waals surface area contributed by atoms with Gasteiger partial charge in [-0.05, 0) is 43.7 Å². The van der Waals surface area contributed by atoms with Crippen LogP contribution in [-0.2, 0) is 0 Å². The number of rotatable bonds is 4. The summed E-state index contributed by atoms with van der Waals surface area (Å²) in [6.45, 7) is 5.46. The Morgan fingerprint density at radius 2 is 2.00 bits per heavy atom. The Kier molecular flexibility index (Phi) is 5.16. The van der Waals surface area contributed by atoms with Crippen molar-refractivity contribution in [2.75, 3.05) is 51.4 Å². The second-order valence-electron chi connectivity index (χ2n) is 9.52. The van der Waals surface area contributed by atoms with Gasteiger partial charge in [0.1, 0.15) is 41.7 Å². The molecule has 2 saturated heterocycles. The van der Waals surface area contributed by atoms with E-state index in [9.17, 15) is 0 Å². The number of H-pyrrole nitrogens is 1. The van der Waals surface area contributed by atoms with Crippen LogP contribution in [-0.4, -0.2) is 77.6 Å². The fraction of sp³-hybridized carbons (Fsp3) is 0.370. The summed E-state index contributed by atoms with van der Waals surface area (Å²) in [5, 5.41) is 7.70. The third-order valence-corrected chi connectivity index (χ3v) is 7.47. The van der Waals surface area contributed by atoms with Crippen molar-refractivity contribution in [2.45, 2.75) is 18.9 Å². The Bertz CT molecular complexity index is 1420. The lowest BCUT2D eigenvalue weighted by Gasteiger charge is -2.38. The first-order chi connectivity index (χ1) is 17.8. The Morgan fingerprint density at radius 3 is 2.89 bits per heavy atom. The van der Waals surface area contributed by atoms with E-state index in [2.05, 4.69) is 32.1 Å². The molecule has 4 aromatic rings. The van der Waals surface area contributed by atoms with Crippen LogP contribution in [0.1, 0.15) is 12.8 Å². The zero-order valence-electron chi connectivity index (χ0n) is 20.2. The van der Waals surface area contributed by atoms with Crippen molar-refractivity contribution in [3.63, 3.8) is 0 Å². The molecule has 0 aliphatic carbocycles. The van der Waals surface area contributed by atoms with Gasteiger partial charge in [0.2, 0.25) is 0 Å². The van der Waals surface area contributed by atoms with Crippen LogP contribution in [0.15, 0.2) is 42.6 Å². The van der Waals surface area contributed by atoms with Crippen LogP contribution in [0.5, 0.6) is 17.2 Å². The van der Waals surface area contributed by atoms with E-state index in [4.69, 9.17) is 24.2 Å². The molecule has 0 saturated carbocycles. The molecule has 0 amide bonds. The number of ether oxygens (including phenoxy) is 3. The number of methoxy groups -OCH3 is 1. The summed E-state index contributed by atoms with van der Waals surface area (Å²) in [5.41, 5.74) is 4.76. The first-order valence-corrected chi connectivity index (χ1v) is 12.6. The summed E-state index contributed by atoms with van der Waals surface area (Å²) < 4.78 is 17.4. The van der Waals surface area contributed by atoms with Gasteiger partial charge in [-0.3, -0.25) is 10.00 Å². The smallest absolute Gasteiger partial charge is 0.170 e. The predicted molar refractivity (Wildman–Crippen MR) is 137 cm³/mol. The molecule has 9 heteroatoms. The third kappa shape index (κ3) is 3.53. The maximum Gasteiger partial charge on any atom is 0.170 e. The minimum Gasteiger partial charge on any atom is -0.494 e. The fourth-order valence-corrected chi connectivity index (χ4v) is 5.65. The molecule has 0 bridgehead atoms. The van der Waals surface area contributed by atoms with E-state index >= 15 is 0 Å². The molecule has 1 atom stereocenters. The average Bonchev–Trinajstić information content (AvgIpc) is 3.58. The number of para-hydroxylation sites is 1. The maximum absolute atomic E-state index is 5.95. The number of hydrogen-bond acceptors (Lipinski definition) is 8. The number of hydrogen-bond donors (Lipinski definition) is 1. The first kappa shape index (κ1) is 21.4. The molecule has 0 spiro atoms. The molecule has 1 unspecified atom stereocenters. The van der Waals surface area contributed by atoms with E-state index in [0.717, 1.165) is 53.3 Å². The second-order valence-corrected chi connectivity index (χ2v) is 9.52. The predicted octanol–water partition coefficient (Wildman–Crippen LogP) is 3.75. The molecule has 1 N–H and O–H groups in total. The van der Waals surface area contributed by atoms with Crippen molar-refractivity contribution in [1.82, 2.24) is 25.1 Å². The quantitative estimate of drug-likeness (QED) is 0.469. The van der Waals surface area contributed by atoms with Crippen molar-refractivity contribution < 1.29 is 14.2 Å². The van der Waals surface area contributed by atoms with Crippen LogP contribution >= 0.6 is 0 Å². The third-order valence-electron chi connectivity index (χ3n) is 7.47. The van der Waals surface area contributed by atoms with Crippen molar-refractivity contribution in [3.05, 3.63) is 42.6 Å². The molecule has 3 aliphatic rings. The molecular formula is C27H28N6O3. The SMILES string of the molecule is COc1cc2[nH]nc(-c3ccc(N4CCN5CCCC5C4)nc3)c2nc1-c1cccc2c1OCCO2. The highest BCUT2D eigenvalue weighted by Crippen LogP contribution is 2.43. The van der Waals surface area contributed by atoms with Crippen molar-refractivity contribution in [1.29, 1.82) is 0 Å². The molecule has 36 heavy (non-hydrogen) atoms. The zero-order valence-corrected chi connectivity index (χ0v) is 20.2. The summed E-state index contributed by atoms with van der Waals surface area (Å²) in [5.74, 6) is 3.06. The van der Waals surface area contributed by atoms with Crippen LogP contribution in [0.3, 0.4) is 0 Å². The van der Waals surface area contributed by atoms with Gasteiger partial charge in [-0.15, -0.1) is 0 Å². The lowest BCUT2D eigenvalue weighted by atomic mass is 10.1. The van der Waals surface area contributed by atoms with Gasteiger partial charge in [0.15, 0.2) is 11.5 Å². The Balaban J connectivity index is 1.25. The number of fused-ring (bicyclic) bond motifs is 3. The first-order valence-electron chi connectivity index (χ1n) is 12.6. The normalized spacial score (nSPS) is 19.5. The van der Waals surface area contributed by atoms with E-state index in [-0.39, 0.29) is 0 Å². The van der Waals surface area contributed by atoms with Gasteiger partial charge >= 0.3 is 0 Å². The van der Waals surface area contributed by atoms with Crippen molar-refractivity contribution >= 4 is 16.9 Å². The average molecular weight is 485 g/mol. The molecule has 1 aromatic carbocycles. The molecule has 3 aromatic heterocycles. The highest BCUT2D eigenvalue weighted by molar-refractivity contribution is 5.93. The van der Waals surface area contributed by atoms with Crippen molar-refractivity contribution in [2.24, 2.45) is 0 Å². The Hall–Kier alpha value is -3.85. The number of anilines is 1. The van der Waals surface area contributed by atoms with Crippen molar-refractivity contribution in [3.8, 4) is 39.8 Å². The van der Waals surface area contributed by atoms with Gasteiger partial charge in [-0.25, -0.2) is 9.97 Å². The second kappa shape index (κ2) is 8.67. The van der Waals surface area contributed by atoms with Crippen LogP contribution in [0.25, 0.3) is 33.5 Å². The number of aromatic amines is 1. The van der Waals surface area contributed by atoms with E-state index < -0.39 is 0 Å². The Labute approximate surface area is 209 Å². The van der Waals surface area contributed by atoms with Gasteiger partial charge in [0.05, 0.1) is 12.6 Å². The molecule has 0 radical (unpaired) electrons. The van der Waals surface area contributed by atoms with Crippen LogP contribution in [0, 0.1) is 0 Å². The molecule has 9 nitrogen and oxygen atoms in total. The topological polar surface area (TPSA) is 88.6 Å². The highest BCUT2D eigenvalue weighted by Gasteiger charge is 2.31. The molecule has 6 heterocycles. The summed E-state index contributed by atoms with van der Waals surface area (Å²) in [4.78, 5) is 14.8. The van der Waals surface area contributed by atoms with E-state index in [1.807, 2.05) is 30.5 Å². The summed E-state index contributed by atoms with van der Waals surface area (Å²) in [7, 11) is 1.64. The van der Waals surface area contributed by atoms with Crippen LogP contribution in [0.2, 0.25) is 0 Å². The standard InChI is InChI=1S/C27H28N6O3/c1-34-22-14-20-26(29-25(22)19-5-2-6-21-27(19)36-13-12-35-21)24(31-30-20)17-7-8-23(28-15-17)33-11-10-32-9-3-4-18(32)16-33/h2,5-8,14-15,18H,3-4,9-13,16H2,1H3,(H,30,31). The zero-order chi connectivity index (χ0) is 24.1. The number of nitrogens with one attached hydrogen (secondary N) is 1. The summed E-state index contributed by atoms with van der Waals surface area (Å²) in [6.07, 6.45) is 4.49. The monoisotopic (exact) mass is 484 g/mol. The fourth-order valence-electron chi connectivity index (χ4n) is 5.65. The van der Waals surface area contributed by atoms with Gasteiger partial charge in [0, 0.05) is 49.1 Å². The number of nitrogens with zero attached hydrogens (tertiary/aromatic N) is 5. The molecule has 3 aliphatic heterocycles. The summed E-state index contributed by atoms with van der Waals surface area (Å²) >= 11 is 0. The van der Waals surface area contributed by atoms with Gasteiger partial charge in [-0.1, -0.05) is 6.07 Å². The number of aromatic nitrogens is 4. The molecule has 184 valence electrons. The minimum atomic E-state index is 0.499. The largest absolute Gasteiger partial charge is 0.494 e. The molecule has 7 rings (SSSR count). The number of pyridine rings is 2. The Morgan fingerprint density at radius 1 is 1.06 bits per heavy atom. The van der Waals surface area contributed by atoms with E-state index in [1.54, 1.807) is 7.11 Å². The molecule has 2 fully saturated rings. The van der Waals surface area contributed by atoms with Gasteiger partial charge < -0.3 is 19.1 Å². The summed E-state index contributed by atoms with van der Waals surface area (Å²) in [6, 6.07) is 12.6. The van der Waals surface area contributed by atoms with Gasteiger partial charge in [0.25, 0.3) is 0 Å². The lowest BCUT2D eigenvalue weighted by molar-refractivity contribution is 0.172. The number of piperazine rings is 1.